The molecule has 2 fully saturated rings. The van der Waals surface area contributed by atoms with E-state index in [0.29, 0.717) is 24.7 Å². The summed E-state index contributed by atoms with van der Waals surface area (Å²) in [6.45, 7) is 2.67. The van der Waals surface area contributed by atoms with Crippen LogP contribution in [0.4, 0.5) is 4.79 Å². The minimum absolute atomic E-state index is 0.0730. The Hall–Kier alpha value is -0.770. The summed E-state index contributed by atoms with van der Waals surface area (Å²) in [4.78, 5) is 13.6. The fourth-order valence-electron chi connectivity index (χ4n) is 2.79. The highest BCUT2D eigenvalue weighted by Gasteiger charge is 2.36. The van der Waals surface area contributed by atoms with E-state index in [1.165, 1.54) is 12.8 Å². The van der Waals surface area contributed by atoms with Gasteiger partial charge in [-0.05, 0) is 32.6 Å². The largest absolute Gasteiger partial charge is 0.338 e. The van der Waals surface area contributed by atoms with E-state index in [1.54, 1.807) is 0 Å². The van der Waals surface area contributed by atoms with Crippen LogP contribution in [0.15, 0.2) is 0 Å². The second-order valence-electron chi connectivity index (χ2n) is 4.71. The zero-order chi connectivity index (χ0) is 10.8. The van der Waals surface area contributed by atoms with Gasteiger partial charge in [0.25, 0.3) is 0 Å². The van der Waals surface area contributed by atoms with Gasteiger partial charge in [-0.15, -0.1) is 0 Å². The Morgan fingerprint density at radius 1 is 1.40 bits per heavy atom. The molecule has 0 aliphatic carbocycles. The molecule has 2 saturated heterocycles. The number of nitrogens with one attached hydrogen (secondary N) is 2. The number of fused-ring (bicyclic) bond motifs is 2. The molecule has 2 aliphatic rings. The van der Waals surface area contributed by atoms with E-state index in [4.69, 9.17) is 0 Å². The molecular formula is C11H21N3O. The second kappa shape index (κ2) is 4.39. The van der Waals surface area contributed by atoms with Gasteiger partial charge in [-0.25, -0.2) is 4.79 Å². The van der Waals surface area contributed by atoms with Crippen molar-refractivity contribution in [2.45, 2.75) is 50.7 Å². The molecule has 2 aliphatic heterocycles. The van der Waals surface area contributed by atoms with E-state index in [0.717, 1.165) is 12.8 Å². The molecule has 0 saturated carbocycles. The number of carbonyl (C=O) groups excluding carboxylic acids is 1. The van der Waals surface area contributed by atoms with Crippen molar-refractivity contribution < 1.29 is 4.79 Å². The summed E-state index contributed by atoms with van der Waals surface area (Å²) >= 11 is 0. The van der Waals surface area contributed by atoms with Crippen LogP contribution in [0.2, 0.25) is 0 Å². The van der Waals surface area contributed by atoms with Crippen molar-refractivity contribution in [2.24, 2.45) is 0 Å². The minimum atomic E-state index is 0.0730. The van der Waals surface area contributed by atoms with Gasteiger partial charge in [0, 0.05) is 31.7 Å². The first-order chi connectivity index (χ1) is 7.20. The molecule has 0 aromatic heterocycles. The van der Waals surface area contributed by atoms with Crippen LogP contribution in [0.5, 0.6) is 0 Å². The van der Waals surface area contributed by atoms with Gasteiger partial charge in [0.15, 0.2) is 0 Å². The molecule has 2 rings (SSSR count). The van der Waals surface area contributed by atoms with Gasteiger partial charge in [0.2, 0.25) is 0 Å². The van der Waals surface area contributed by atoms with Crippen molar-refractivity contribution in [3.8, 4) is 0 Å². The average Bonchev–Trinajstić information content (AvgIpc) is 2.57. The zero-order valence-corrected chi connectivity index (χ0v) is 9.62. The minimum Gasteiger partial charge on any atom is -0.338 e. The second-order valence-corrected chi connectivity index (χ2v) is 4.71. The number of carbonyl (C=O) groups is 1. The van der Waals surface area contributed by atoms with E-state index < -0.39 is 0 Å². The van der Waals surface area contributed by atoms with Gasteiger partial charge >= 0.3 is 6.03 Å². The molecular weight excluding hydrogens is 190 g/mol. The topological polar surface area (TPSA) is 44.4 Å². The van der Waals surface area contributed by atoms with Gasteiger partial charge in [0.1, 0.15) is 0 Å². The van der Waals surface area contributed by atoms with Crippen LogP contribution in [0.1, 0.15) is 32.6 Å². The Labute approximate surface area is 91.4 Å². The number of nitrogens with zero attached hydrogens (tertiary/aromatic N) is 1. The fraction of sp³-hybridized carbons (Fsp3) is 0.909. The van der Waals surface area contributed by atoms with Crippen LogP contribution in [0.3, 0.4) is 0 Å². The highest BCUT2D eigenvalue weighted by Crippen LogP contribution is 2.29. The van der Waals surface area contributed by atoms with Crippen LogP contribution in [0, 0.1) is 0 Å². The third-order valence-corrected chi connectivity index (χ3v) is 3.64. The molecule has 0 spiro atoms. The predicted octanol–water partition coefficient (Wildman–Crippen LogP) is 0.931. The van der Waals surface area contributed by atoms with Gasteiger partial charge < -0.3 is 15.5 Å². The normalized spacial score (nSPS) is 33.9. The van der Waals surface area contributed by atoms with Crippen molar-refractivity contribution in [1.29, 1.82) is 0 Å². The number of rotatable bonds is 2. The molecule has 2 unspecified atom stereocenters. The average molecular weight is 211 g/mol. The van der Waals surface area contributed by atoms with Crippen molar-refractivity contribution in [1.82, 2.24) is 15.5 Å². The summed E-state index contributed by atoms with van der Waals surface area (Å²) in [5.41, 5.74) is 0. The molecule has 4 heteroatoms. The maximum Gasteiger partial charge on any atom is 0.317 e. The summed E-state index contributed by atoms with van der Waals surface area (Å²) < 4.78 is 0. The van der Waals surface area contributed by atoms with Crippen molar-refractivity contribution >= 4 is 6.03 Å². The highest BCUT2D eigenvalue weighted by atomic mass is 16.2. The first kappa shape index (κ1) is 10.7. The summed E-state index contributed by atoms with van der Waals surface area (Å²) in [7, 11) is 1.92. The highest BCUT2D eigenvalue weighted by molar-refractivity contribution is 5.74. The zero-order valence-electron chi connectivity index (χ0n) is 9.62. The molecule has 2 bridgehead atoms. The Balaban J connectivity index is 1.90. The Bertz CT molecular complexity index is 232. The number of hydrogen-bond acceptors (Lipinski definition) is 2. The van der Waals surface area contributed by atoms with Gasteiger partial charge in [-0.2, -0.15) is 0 Å². The Morgan fingerprint density at radius 3 is 2.53 bits per heavy atom. The number of amides is 2. The van der Waals surface area contributed by atoms with Gasteiger partial charge in [-0.1, -0.05) is 0 Å². The molecule has 15 heavy (non-hydrogen) atoms. The van der Waals surface area contributed by atoms with Crippen molar-refractivity contribution in [2.75, 3.05) is 13.6 Å². The lowest BCUT2D eigenvalue weighted by molar-refractivity contribution is 0.165. The third kappa shape index (κ3) is 2.25. The van der Waals surface area contributed by atoms with Gasteiger partial charge in [-0.3, -0.25) is 0 Å². The lowest BCUT2D eigenvalue weighted by Gasteiger charge is -2.35. The molecule has 2 heterocycles. The maximum atomic E-state index is 11.7. The van der Waals surface area contributed by atoms with Crippen LogP contribution in [-0.4, -0.2) is 42.6 Å². The molecule has 2 amide bonds. The van der Waals surface area contributed by atoms with E-state index in [2.05, 4.69) is 10.6 Å². The molecule has 2 atom stereocenters. The van der Waals surface area contributed by atoms with Crippen LogP contribution in [0.25, 0.3) is 0 Å². The lowest BCUT2D eigenvalue weighted by Crippen LogP contribution is -2.51. The standard InChI is InChI=1S/C11H21N3O/c1-3-12-11(15)14(2)10-6-8-4-5-9(7-10)13-8/h8-10,13H,3-7H2,1-2H3,(H,12,15). The first-order valence-corrected chi connectivity index (χ1v) is 5.97. The monoisotopic (exact) mass is 211 g/mol. The van der Waals surface area contributed by atoms with Crippen molar-refractivity contribution in [3.63, 3.8) is 0 Å². The molecule has 4 nitrogen and oxygen atoms in total. The predicted molar refractivity (Wildman–Crippen MR) is 59.8 cm³/mol. The number of urea groups is 1. The first-order valence-electron chi connectivity index (χ1n) is 5.97. The Morgan fingerprint density at radius 2 is 2.00 bits per heavy atom. The summed E-state index contributed by atoms with van der Waals surface area (Å²) in [5.74, 6) is 0. The smallest absolute Gasteiger partial charge is 0.317 e. The van der Waals surface area contributed by atoms with E-state index in [1.807, 2.05) is 18.9 Å². The summed E-state index contributed by atoms with van der Waals surface area (Å²) in [6, 6.07) is 1.79. The van der Waals surface area contributed by atoms with Crippen LogP contribution < -0.4 is 10.6 Å². The molecule has 0 aromatic carbocycles. The molecule has 2 N–H and O–H groups in total. The summed E-state index contributed by atoms with van der Waals surface area (Å²) in [5, 5.41) is 6.45. The van der Waals surface area contributed by atoms with Gasteiger partial charge in [0.05, 0.1) is 0 Å². The van der Waals surface area contributed by atoms with E-state index in [9.17, 15) is 4.79 Å². The number of hydrogen-bond donors (Lipinski definition) is 2. The molecule has 0 aromatic rings. The fourth-order valence-corrected chi connectivity index (χ4v) is 2.79. The van der Waals surface area contributed by atoms with Crippen LogP contribution in [-0.2, 0) is 0 Å². The SMILES string of the molecule is CCNC(=O)N(C)C1CC2CCC(C1)N2. The van der Waals surface area contributed by atoms with Crippen LogP contribution >= 0.6 is 0 Å². The Kier molecular flexibility index (Phi) is 3.14. The lowest BCUT2D eigenvalue weighted by atomic mass is 9.99. The van der Waals surface area contributed by atoms with Crippen molar-refractivity contribution in [3.05, 3.63) is 0 Å². The third-order valence-electron chi connectivity index (χ3n) is 3.64. The molecule has 0 radical (unpaired) electrons. The molecule has 86 valence electrons. The van der Waals surface area contributed by atoms with E-state index >= 15 is 0 Å². The summed E-state index contributed by atoms with van der Waals surface area (Å²) in [6.07, 6.45) is 4.79. The maximum absolute atomic E-state index is 11.7. The quantitative estimate of drug-likeness (QED) is 0.713. The number of piperidine rings is 1. The van der Waals surface area contributed by atoms with E-state index in [-0.39, 0.29) is 6.03 Å².